The summed E-state index contributed by atoms with van der Waals surface area (Å²) in [6.07, 6.45) is 1.93. The average molecular weight is 287 g/mol. The summed E-state index contributed by atoms with van der Waals surface area (Å²) in [5.41, 5.74) is 0. The second kappa shape index (κ2) is 8.16. The van der Waals surface area contributed by atoms with Crippen molar-refractivity contribution in [2.24, 2.45) is 0 Å². The van der Waals surface area contributed by atoms with Crippen LogP contribution >= 0.6 is 11.8 Å². The lowest BCUT2D eigenvalue weighted by atomic mass is 10.2. The van der Waals surface area contributed by atoms with Crippen molar-refractivity contribution in [1.29, 1.82) is 0 Å². The molecule has 7 heteroatoms. The summed E-state index contributed by atoms with van der Waals surface area (Å²) < 4.78 is 7.05. The first-order chi connectivity index (χ1) is 9.06. The van der Waals surface area contributed by atoms with Crippen molar-refractivity contribution in [3.63, 3.8) is 0 Å². The Kier molecular flexibility index (Phi) is 6.86. The minimum Gasteiger partial charge on any atom is -0.481 e. The minimum absolute atomic E-state index is 0.00823. The Bertz CT molecular complexity index is 407. The zero-order valence-corrected chi connectivity index (χ0v) is 12.4. The number of aromatic nitrogens is 3. The number of rotatable bonds is 9. The van der Waals surface area contributed by atoms with Gasteiger partial charge in [-0.25, -0.2) is 0 Å². The van der Waals surface area contributed by atoms with E-state index in [2.05, 4.69) is 24.0 Å². The maximum Gasteiger partial charge on any atom is 0.313 e. The number of nitrogens with zero attached hydrogens (tertiary/aromatic N) is 3. The van der Waals surface area contributed by atoms with Crippen LogP contribution in [-0.2, 0) is 16.1 Å². The summed E-state index contributed by atoms with van der Waals surface area (Å²) in [6.45, 7) is 5.64. The van der Waals surface area contributed by atoms with Crippen LogP contribution in [0.25, 0.3) is 0 Å². The lowest BCUT2D eigenvalue weighted by molar-refractivity contribution is -0.133. The van der Waals surface area contributed by atoms with Crippen LogP contribution in [0.5, 0.6) is 0 Å². The van der Waals surface area contributed by atoms with E-state index < -0.39 is 5.97 Å². The molecule has 1 heterocycles. The molecule has 0 amide bonds. The number of carbonyl (C=O) groups is 1. The second-order valence-corrected chi connectivity index (χ2v) is 5.47. The molecule has 0 saturated heterocycles. The summed E-state index contributed by atoms with van der Waals surface area (Å²) >= 11 is 1.22. The van der Waals surface area contributed by atoms with Crippen molar-refractivity contribution in [3.8, 4) is 0 Å². The highest BCUT2D eigenvalue weighted by atomic mass is 32.2. The quantitative estimate of drug-likeness (QED) is 0.553. The van der Waals surface area contributed by atoms with Crippen molar-refractivity contribution < 1.29 is 14.6 Å². The van der Waals surface area contributed by atoms with Crippen molar-refractivity contribution in [1.82, 2.24) is 14.8 Å². The van der Waals surface area contributed by atoms with E-state index in [-0.39, 0.29) is 11.7 Å². The maximum absolute atomic E-state index is 10.6. The largest absolute Gasteiger partial charge is 0.481 e. The number of ether oxygens (including phenoxy) is 1. The van der Waals surface area contributed by atoms with Crippen molar-refractivity contribution in [2.45, 2.75) is 44.3 Å². The smallest absolute Gasteiger partial charge is 0.313 e. The number of carboxylic acids is 1. The van der Waals surface area contributed by atoms with Crippen LogP contribution < -0.4 is 0 Å². The van der Waals surface area contributed by atoms with E-state index in [0.29, 0.717) is 5.16 Å². The van der Waals surface area contributed by atoms with Crippen LogP contribution in [0.1, 0.15) is 38.4 Å². The third kappa shape index (κ3) is 5.20. The van der Waals surface area contributed by atoms with Crippen LogP contribution in [0.3, 0.4) is 0 Å². The summed E-state index contributed by atoms with van der Waals surface area (Å²) in [5, 5.41) is 17.7. The van der Waals surface area contributed by atoms with E-state index in [4.69, 9.17) is 9.84 Å². The molecule has 108 valence electrons. The zero-order chi connectivity index (χ0) is 14.3. The zero-order valence-electron chi connectivity index (χ0n) is 11.6. The molecule has 1 aromatic rings. The van der Waals surface area contributed by atoms with E-state index in [1.54, 1.807) is 7.11 Å². The lowest BCUT2D eigenvalue weighted by Crippen LogP contribution is -2.09. The first-order valence-corrected chi connectivity index (χ1v) is 7.31. The minimum atomic E-state index is -0.843. The van der Waals surface area contributed by atoms with Gasteiger partial charge in [0.15, 0.2) is 5.16 Å². The first-order valence-electron chi connectivity index (χ1n) is 6.33. The molecule has 1 N–H and O–H groups in total. The average Bonchev–Trinajstić information content (AvgIpc) is 2.75. The molecular weight excluding hydrogens is 266 g/mol. The molecule has 0 aliphatic carbocycles. The molecule has 6 nitrogen and oxygen atoms in total. The van der Waals surface area contributed by atoms with Gasteiger partial charge in [-0.15, -0.1) is 10.2 Å². The van der Waals surface area contributed by atoms with Crippen LogP contribution in [-0.4, -0.2) is 45.3 Å². The van der Waals surface area contributed by atoms with E-state index in [0.717, 1.165) is 31.8 Å². The van der Waals surface area contributed by atoms with Gasteiger partial charge in [0.1, 0.15) is 5.82 Å². The SMILES string of the molecule is COCCCCn1c(SCC(=O)O)nnc1C(C)C. The monoisotopic (exact) mass is 287 g/mol. The summed E-state index contributed by atoms with van der Waals surface area (Å²) in [7, 11) is 1.69. The van der Waals surface area contributed by atoms with Crippen LogP contribution in [0, 0.1) is 0 Å². The normalized spacial score (nSPS) is 11.2. The van der Waals surface area contributed by atoms with Gasteiger partial charge in [-0.05, 0) is 12.8 Å². The fraction of sp³-hybridized carbons (Fsp3) is 0.750. The molecule has 0 aliphatic heterocycles. The third-order valence-corrected chi connectivity index (χ3v) is 3.52. The maximum atomic E-state index is 10.6. The van der Waals surface area contributed by atoms with Crippen LogP contribution in [0.2, 0.25) is 0 Å². The first kappa shape index (κ1) is 16.0. The van der Waals surface area contributed by atoms with Gasteiger partial charge in [-0.3, -0.25) is 4.79 Å². The predicted octanol–water partition coefficient (Wildman–Crippen LogP) is 2.00. The van der Waals surface area contributed by atoms with E-state index in [1.807, 2.05) is 4.57 Å². The molecule has 1 aromatic heterocycles. The van der Waals surface area contributed by atoms with Crippen molar-refractivity contribution in [3.05, 3.63) is 5.82 Å². The van der Waals surface area contributed by atoms with Gasteiger partial charge in [-0.1, -0.05) is 25.6 Å². The van der Waals surface area contributed by atoms with Gasteiger partial charge in [0.25, 0.3) is 0 Å². The number of hydrogen-bond donors (Lipinski definition) is 1. The third-order valence-electron chi connectivity index (χ3n) is 2.57. The van der Waals surface area contributed by atoms with Gasteiger partial charge in [0.05, 0.1) is 5.75 Å². The Balaban J connectivity index is 2.70. The highest BCUT2D eigenvalue weighted by molar-refractivity contribution is 7.99. The molecule has 0 radical (unpaired) electrons. The number of hydrogen-bond acceptors (Lipinski definition) is 5. The Labute approximate surface area is 117 Å². The van der Waals surface area contributed by atoms with E-state index in [1.165, 1.54) is 11.8 Å². The Morgan fingerprint density at radius 3 is 2.74 bits per heavy atom. The lowest BCUT2D eigenvalue weighted by Gasteiger charge is -2.11. The molecule has 0 aliphatic rings. The topological polar surface area (TPSA) is 77.2 Å². The number of carboxylic acid groups (broad SMARTS) is 1. The number of unbranched alkanes of at least 4 members (excludes halogenated alkanes) is 1. The molecule has 0 atom stereocenters. The summed E-state index contributed by atoms with van der Waals surface area (Å²) in [5.74, 6) is 0.346. The molecule has 19 heavy (non-hydrogen) atoms. The highest BCUT2D eigenvalue weighted by Gasteiger charge is 2.15. The van der Waals surface area contributed by atoms with Gasteiger partial charge in [0.2, 0.25) is 0 Å². The van der Waals surface area contributed by atoms with E-state index in [9.17, 15) is 4.79 Å². The van der Waals surface area contributed by atoms with Gasteiger partial charge >= 0.3 is 5.97 Å². The number of methoxy groups -OCH3 is 1. The van der Waals surface area contributed by atoms with E-state index >= 15 is 0 Å². The standard InChI is InChI=1S/C12H21N3O3S/c1-9(2)11-13-14-12(19-8-10(16)17)15(11)6-4-5-7-18-3/h9H,4-8H2,1-3H3,(H,16,17). The number of thioether (sulfide) groups is 1. The van der Waals surface area contributed by atoms with Crippen molar-refractivity contribution in [2.75, 3.05) is 19.5 Å². The number of aliphatic carboxylic acids is 1. The Morgan fingerprint density at radius 1 is 1.42 bits per heavy atom. The second-order valence-electron chi connectivity index (χ2n) is 4.53. The molecule has 0 spiro atoms. The van der Waals surface area contributed by atoms with Gasteiger partial charge < -0.3 is 14.4 Å². The molecule has 0 unspecified atom stereocenters. The van der Waals surface area contributed by atoms with Gasteiger partial charge in [0, 0.05) is 26.2 Å². The summed E-state index contributed by atoms with van der Waals surface area (Å²) in [6, 6.07) is 0. The molecule has 0 saturated carbocycles. The molecule has 0 bridgehead atoms. The summed E-state index contributed by atoms with van der Waals surface area (Å²) in [4.78, 5) is 10.6. The van der Waals surface area contributed by atoms with Crippen LogP contribution in [0.15, 0.2) is 5.16 Å². The highest BCUT2D eigenvalue weighted by Crippen LogP contribution is 2.21. The fourth-order valence-corrected chi connectivity index (χ4v) is 2.38. The molecular formula is C12H21N3O3S. The van der Waals surface area contributed by atoms with Crippen molar-refractivity contribution >= 4 is 17.7 Å². The van der Waals surface area contributed by atoms with Gasteiger partial charge in [-0.2, -0.15) is 0 Å². The fourth-order valence-electron chi connectivity index (χ4n) is 1.69. The Morgan fingerprint density at radius 2 is 2.16 bits per heavy atom. The molecule has 0 fully saturated rings. The molecule has 0 aromatic carbocycles. The molecule has 1 rings (SSSR count). The predicted molar refractivity (Wildman–Crippen MR) is 73.6 cm³/mol. The van der Waals surface area contributed by atoms with Crippen LogP contribution in [0.4, 0.5) is 0 Å². The Hall–Kier alpha value is -1.08.